The van der Waals surface area contributed by atoms with Crippen molar-refractivity contribution in [2.75, 3.05) is 0 Å². The molecule has 124 valence electrons. The molecule has 3 aromatic carbocycles. The summed E-state index contributed by atoms with van der Waals surface area (Å²) in [5, 5.41) is 13.1. The SMILES string of the molecule is CC(C#N)(NCc1ccc(Br)cc1)c1ccc(-c2ccccc2)cc1. The van der Waals surface area contributed by atoms with Gasteiger partial charge in [0.1, 0.15) is 5.54 Å². The van der Waals surface area contributed by atoms with Gasteiger partial charge in [0.15, 0.2) is 0 Å². The summed E-state index contributed by atoms with van der Waals surface area (Å²) >= 11 is 3.44. The summed E-state index contributed by atoms with van der Waals surface area (Å²) in [4.78, 5) is 0. The lowest BCUT2D eigenvalue weighted by Gasteiger charge is -2.24. The van der Waals surface area contributed by atoms with Crippen LogP contribution in [0.1, 0.15) is 18.1 Å². The van der Waals surface area contributed by atoms with Gasteiger partial charge in [-0.3, -0.25) is 5.32 Å². The molecule has 3 rings (SSSR count). The van der Waals surface area contributed by atoms with Crippen molar-refractivity contribution in [3.8, 4) is 17.2 Å². The van der Waals surface area contributed by atoms with Crippen molar-refractivity contribution in [3.05, 3.63) is 94.5 Å². The maximum absolute atomic E-state index is 9.73. The van der Waals surface area contributed by atoms with Crippen LogP contribution in [0, 0.1) is 11.3 Å². The van der Waals surface area contributed by atoms with E-state index in [0.717, 1.165) is 21.2 Å². The van der Waals surface area contributed by atoms with Crippen molar-refractivity contribution >= 4 is 15.9 Å². The highest BCUT2D eigenvalue weighted by atomic mass is 79.9. The van der Waals surface area contributed by atoms with E-state index in [4.69, 9.17) is 0 Å². The van der Waals surface area contributed by atoms with Gasteiger partial charge in [-0.05, 0) is 41.3 Å². The maximum Gasteiger partial charge on any atom is 0.129 e. The number of nitrogens with zero attached hydrogens (tertiary/aromatic N) is 1. The molecule has 1 N–H and O–H groups in total. The smallest absolute Gasteiger partial charge is 0.129 e. The molecule has 3 heteroatoms. The molecule has 0 fully saturated rings. The Balaban J connectivity index is 1.77. The van der Waals surface area contributed by atoms with E-state index in [0.29, 0.717) is 6.54 Å². The van der Waals surface area contributed by atoms with Crippen LogP contribution in [0.4, 0.5) is 0 Å². The zero-order valence-electron chi connectivity index (χ0n) is 14.0. The topological polar surface area (TPSA) is 35.8 Å². The Morgan fingerprint density at radius 1 is 0.880 bits per heavy atom. The van der Waals surface area contributed by atoms with Crippen LogP contribution in [0.2, 0.25) is 0 Å². The van der Waals surface area contributed by atoms with Crippen LogP contribution in [0.3, 0.4) is 0 Å². The minimum absolute atomic E-state index is 0.637. The standard InChI is InChI=1S/C22H19BrN2/c1-22(16-24,25-15-17-7-13-21(23)14-8-17)20-11-9-19(10-12-20)18-5-3-2-4-6-18/h2-14,25H,15H2,1H3. The predicted octanol–water partition coefficient (Wildman–Crippen LogP) is 5.64. The van der Waals surface area contributed by atoms with Gasteiger partial charge < -0.3 is 0 Å². The molecule has 0 saturated carbocycles. The fraction of sp³-hybridized carbons (Fsp3) is 0.136. The van der Waals surface area contributed by atoms with Crippen LogP contribution in [-0.2, 0) is 12.1 Å². The van der Waals surface area contributed by atoms with Crippen LogP contribution in [-0.4, -0.2) is 0 Å². The van der Waals surface area contributed by atoms with Crippen molar-refractivity contribution < 1.29 is 0 Å². The molecule has 0 aliphatic heterocycles. The second-order valence-corrected chi connectivity index (χ2v) is 7.08. The molecule has 0 radical (unpaired) electrons. The summed E-state index contributed by atoms with van der Waals surface area (Å²) in [7, 11) is 0. The number of benzene rings is 3. The lowest BCUT2D eigenvalue weighted by atomic mass is 9.91. The van der Waals surface area contributed by atoms with Gasteiger partial charge in [0.2, 0.25) is 0 Å². The second-order valence-electron chi connectivity index (χ2n) is 6.16. The molecule has 0 aromatic heterocycles. The Bertz CT molecular complexity index is 865. The molecule has 0 aliphatic carbocycles. The number of nitriles is 1. The zero-order chi connectivity index (χ0) is 17.7. The molecule has 0 heterocycles. The Kier molecular flexibility index (Phi) is 5.33. The van der Waals surface area contributed by atoms with Gasteiger partial charge in [-0.25, -0.2) is 0 Å². The summed E-state index contributed by atoms with van der Waals surface area (Å²) in [6, 6.07) is 29.0. The highest BCUT2D eigenvalue weighted by Gasteiger charge is 2.25. The first-order valence-corrected chi connectivity index (χ1v) is 8.97. The summed E-state index contributed by atoms with van der Waals surface area (Å²) in [5.74, 6) is 0. The number of hydrogen-bond donors (Lipinski definition) is 1. The number of rotatable bonds is 5. The summed E-state index contributed by atoms with van der Waals surface area (Å²) in [6.07, 6.45) is 0. The van der Waals surface area contributed by atoms with Gasteiger partial charge in [-0.15, -0.1) is 0 Å². The Morgan fingerprint density at radius 2 is 1.48 bits per heavy atom. The zero-order valence-corrected chi connectivity index (χ0v) is 15.6. The molecule has 1 unspecified atom stereocenters. The van der Waals surface area contributed by atoms with E-state index in [2.05, 4.69) is 51.6 Å². The third kappa shape index (κ3) is 4.17. The predicted molar refractivity (Wildman–Crippen MR) is 106 cm³/mol. The van der Waals surface area contributed by atoms with Crippen molar-refractivity contribution in [2.24, 2.45) is 0 Å². The molecule has 0 bridgehead atoms. The van der Waals surface area contributed by atoms with Crippen molar-refractivity contribution in [3.63, 3.8) is 0 Å². The van der Waals surface area contributed by atoms with Crippen LogP contribution in [0.25, 0.3) is 11.1 Å². The fourth-order valence-corrected chi connectivity index (χ4v) is 2.98. The summed E-state index contributed by atoms with van der Waals surface area (Å²) < 4.78 is 1.05. The van der Waals surface area contributed by atoms with Crippen LogP contribution in [0.15, 0.2) is 83.3 Å². The third-order valence-corrected chi connectivity index (χ3v) is 4.88. The fourth-order valence-electron chi connectivity index (χ4n) is 2.71. The van der Waals surface area contributed by atoms with Crippen molar-refractivity contribution in [1.82, 2.24) is 5.32 Å². The van der Waals surface area contributed by atoms with E-state index >= 15 is 0 Å². The highest BCUT2D eigenvalue weighted by Crippen LogP contribution is 2.25. The molecule has 0 spiro atoms. The first kappa shape index (κ1) is 17.4. The van der Waals surface area contributed by atoms with E-state index in [1.807, 2.05) is 61.5 Å². The molecule has 1 atom stereocenters. The highest BCUT2D eigenvalue weighted by molar-refractivity contribution is 9.10. The molecule has 0 amide bonds. The van der Waals surface area contributed by atoms with Crippen LogP contribution in [0.5, 0.6) is 0 Å². The monoisotopic (exact) mass is 390 g/mol. The molecule has 2 nitrogen and oxygen atoms in total. The minimum atomic E-state index is -0.734. The van der Waals surface area contributed by atoms with Gasteiger partial charge in [-0.1, -0.05) is 82.7 Å². The Hall–Kier alpha value is -2.41. The maximum atomic E-state index is 9.73. The third-order valence-electron chi connectivity index (χ3n) is 4.35. The van der Waals surface area contributed by atoms with E-state index < -0.39 is 5.54 Å². The molecular weight excluding hydrogens is 372 g/mol. The summed E-state index contributed by atoms with van der Waals surface area (Å²) in [6.45, 7) is 2.56. The average Bonchev–Trinajstić information content (AvgIpc) is 2.68. The van der Waals surface area contributed by atoms with Crippen molar-refractivity contribution in [1.29, 1.82) is 5.26 Å². The number of hydrogen-bond acceptors (Lipinski definition) is 2. The molecule has 0 aliphatic rings. The first-order chi connectivity index (χ1) is 12.1. The average molecular weight is 391 g/mol. The van der Waals surface area contributed by atoms with E-state index in [1.165, 1.54) is 5.56 Å². The van der Waals surface area contributed by atoms with Crippen LogP contribution >= 0.6 is 15.9 Å². The van der Waals surface area contributed by atoms with Gasteiger partial charge in [-0.2, -0.15) is 5.26 Å². The molecule has 3 aromatic rings. The Labute approximate surface area is 157 Å². The van der Waals surface area contributed by atoms with E-state index in [-0.39, 0.29) is 0 Å². The van der Waals surface area contributed by atoms with Gasteiger partial charge >= 0.3 is 0 Å². The van der Waals surface area contributed by atoms with E-state index in [1.54, 1.807) is 0 Å². The minimum Gasteiger partial charge on any atom is -0.292 e. The van der Waals surface area contributed by atoms with Gasteiger partial charge in [0, 0.05) is 11.0 Å². The normalized spacial score (nSPS) is 13.0. The van der Waals surface area contributed by atoms with Gasteiger partial charge in [0.25, 0.3) is 0 Å². The molecule has 25 heavy (non-hydrogen) atoms. The van der Waals surface area contributed by atoms with Crippen molar-refractivity contribution in [2.45, 2.75) is 19.0 Å². The summed E-state index contributed by atoms with van der Waals surface area (Å²) in [5.41, 5.74) is 3.70. The Morgan fingerprint density at radius 3 is 2.08 bits per heavy atom. The lowest BCUT2D eigenvalue weighted by Crippen LogP contribution is -2.37. The number of halogens is 1. The lowest BCUT2D eigenvalue weighted by molar-refractivity contribution is 0.464. The van der Waals surface area contributed by atoms with Crippen LogP contribution < -0.4 is 5.32 Å². The molecule has 0 saturated heterocycles. The largest absolute Gasteiger partial charge is 0.292 e. The second kappa shape index (κ2) is 7.65. The quantitative estimate of drug-likeness (QED) is 0.611. The van der Waals surface area contributed by atoms with E-state index in [9.17, 15) is 5.26 Å². The first-order valence-electron chi connectivity index (χ1n) is 8.17. The molecular formula is C22H19BrN2. The number of nitrogens with one attached hydrogen (secondary N) is 1. The van der Waals surface area contributed by atoms with Gasteiger partial charge in [0.05, 0.1) is 6.07 Å².